The third-order valence-electron chi connectivity index (χ3n) is 8.27. The number of rotatable bonds is 36. The van der Waals surface area contributed by atoms with E-state index in [1.54, 1.807) is 6.08 Å². The molecular weight excluding hydrogens is 741 g/mol. The first kappa shape index (κ1) is 53.9. The highest BCUT2D eigenvalue weighted by Crippen LogP contribution is 2.43. The van der Waals surface area contributed by atoms with Crippen molar-refractivity contribution in [3.05, 3.63) is 97.2 Å². The lowest BCUT2D eigenvalue weighted by Gasteiger charge is -2.24. The number of phosphoric ester groups is 1. The SMILES string of the molecule is CC/C=C\C/C=C\C/C=C\CCCCCCCC(=O)OC[C@H](COP(=O)(O)OCC[N+](C)(C)C)OC(=O)CCC/C=C\C/C=C\C/C=C\C/C=C\C=C\[C@H](O)CC. The summed E-state index contributed by atoms with van der Waals surface area (Å²) in [6.07, 6.45) is 45.6. The van der Waals surface area contributed by atoms with Gasteiger partial charge in [-0.1, -0.05) is 130 Å². The Bertz CT molecular complexity index is 1310. The number of quaternary nitrogens is 1. The van der Waals surface area contributed by atoms with Gasteiger partial charge in [-0.25, -0.2) is 4.57 Å². The van der Waals surface area contributed by atoms with Crippen LogP contribution in [0.15, 0.2) is 97.2 Å². The zero-order valence-electron chi connectivity index (χ0n) is 35.9. The molecule has 0 fully saturated rings. The normalized spacial score (nSPS) is 15.1. The van der Waals surface area contributed by atoms with Gasteiger partial charge in [0.25, 0.3) is 0 Å². The number of hydrogen-bond donors (Lipinski definition) is 2. The summed E-state index contributed by atoms with van der Waals surface area (Å²) in [7, 11) is 1.39. The van der Waals surface area contributed by atoms with Crippen LogP contribution in [0.1, 0.15) is 123 Å². The minimum absolute atomic E-state index is 0.00561. The third kappa shape index (κ3) is 40.9. The van der Waals surface area contributed by atoms with Crippen molar-refractivity contribution < 1.29 is 47.2 Å². The lowest BCUT2D eigenvalue weighted by molar-refractivity contribution is -0.870. The number of esters is 2. The minimum atomic E-state index is -4.41. The Balaban J connectivity index is 4.56. The average molecular weight is 819 g/mol. The molecule has 0 aromatic rings. The standard InChI is InChI=1S/C46H76NO9P/c1-6-8-9-10-11-12-13-14-15-19-22-25-28-31-34-37-45(49)53-41-44(42-55-57(51,52)54-40-39-47(3,4)5)56-46(50)38-35-32-29-26-23-20-17-16-18-21-24-27-30-33-36-43(48)7-2/h8-9,11-12,14-15,17-18,20-21,26-27,29-30,33,36,43-44,48H,6-7,10,13,16,19,22-25,28,31-32,34-35,37-42H2,1-5H3/p+1/b9-8-,12-11-,15-14-,20-17-,21-18-,29-26-,30-27-,36-33+/t43-,44-/m1/s1. The quantitative estimate of drug-likeness (QED) is 0.0159. The number of allylic oxidation sites excluding steroid dienone is 15. The summed E-state index contributed by atoms with van der Waals surface area (Å²) >= 11 is 0. The van der Waals surface area contributed by atoms with Crippen molar-refractivity contribution in [1.29, 1.82) is 0 Å². The molecule has 0 bridgehead atoms. The second-order valence-electron chi connectivity index (χ2n) is 14.8. The zero-order chi connectivity index (χ0) is 42.3. The molecular formula is C46H77NO9P+. The number of carbonyl (C=O) groups is 2. The van der Waals surface area contributed by atoms with Crippen molar-refractivity contribution in [2.24, 2.45) is 0 Å². The number of phosphoric acid groups is 1. The molecule has 0 rings (SSSR count). The molecule has 0 aliphatic heterocycles. The first-order valence-corrected chi connectivity index (χ1v) is 22.6. The van der Waals surface area contributed by atoms with Gasteiger partial charge in [-0.05, 0) is 77.0 Å². The highest BCUT2D eigenvalue weighted by molar-refractivity contribution is 7.47. The van der Waals surface area contributed by atoms with E-state index in [9.17, 15) is 24.2 Å². The Morgan fingerprint density at radius 3 is 1.75 bits per heavy atom. The molecule has 11 heteroatoms. The van der Waals surface area contributed by atoms with E-state index in [1.807, 2.05) is 58.4 Å². The Morgan fingerprint density at radius 1 is 0.632 bits per heavy atom. The van der Waals surface area contributed by atoms with Crippen molar-refractivity contribution in [3.8, 4) is 0 Å². The lowest BCUT2D eigenvalue weighted by atomic mass is 10.1. The van der Waals surface area contributed by atoms with Gasteiger partial charge in [-0.2, -0.15) is 0 Å². The van der Waals surface area contributed by atoms with Crippen LogP contribution in [0.4, 0.5) is 0 Å². The van der Waals surface area contributed by atoms with Gasteiger partial charge in [-0.3, -0.25) is 18.6 Å². The number of ether oxygens (including phenoxy) is 2. The largest absolute Gasteiger partial charge is 0.472 e. The molecule has 3 atom stereocenters. The Morgan fingerprint density at radius 2 is 1.16 bits per heavy atom. The monoisotopic (exact) mass is 819 g/mol. The van der Waals surface area contributed by atoms with Crippen LogP contribution in [0.3, 0.4) is 0 Å². The Labute approximate surface area is 346 Å². The van der Waals surface area contributed by atoms with Crippen LogP contribution in [0.5, 0.6) is 0 Å². The molecule has 0 saturated heterocycles. The van der Waals surface area contributed by atoms with Gasteiger partial charge < -0.3 is 24.0 Å². The summed E-state index contributed by atoms with van der Waals surface area (Å²) < 4.78 is 34.1. The van der Waals surface area contributed by atoms with Gasteiger partial charge in [0.05, 0.1) is 33.9 Å². The van der Waals surface area contributed by atoms with E-state index in [-0.39, 0.29) is 32.2 Å². The topological polar surface area (TPSA) is 129 Å². The van der Waals surface area contributed by atoms with E-state index in [0.717, 1.165) is 70.6 Å². The Hall–Kier alpha value is -3.11. The van der Waals surface area contributed by atoms with Crippen LogP contribution in [-0.4, -0.2) is 86.1 Å². The molecule has 0 heterocycles. The van der Waals surface area contributed by atoms with E-state index in [2.05, 4.69) is 67.7 Å². The first-order valence-electron chi connectivity index (χ1n) is 21.1. The number of carbonyl (C=O) groups excluding carboxylic acids is 2. The predicted molar refractivity (Wildman–Crippen MR) is 234 cm³/mol. The molecule has 10 nitrogen and oxygen atoms in total. The molecule has 0 aliphatic carbocycles. The second-order valence-corrected chi connectivity index (χ2v) is 16.3. The lowest BCUT2D eigenvalue weighted by Crippen LogP contribution is -2.37. The van der Waals surface area contributed by atoms with E-state index in [4.69, 9.17) is 18.5 Å². The third-order valence-corrected chi connectivity index (χ3v) is 9.25. The van der Waals surface area contributed by atoms with Crippen molar-refractivity contribution in [2.45, 2.75) is 135 Å². The molecule has 0 radical (unpaired) electrons. The van der Waals surface area contributed by atoms with Crippen LogP contribution in [0, 0.1) is 0 Å². The fourth-order valence-electron chi connectivity index (χ4n) is 4.84. The van der Waals surface area contributed by atoms with E-state index in [1.165, 1.54) is 0 Å². The molecule has 0 aromatic carbocycles. The van der Waals surface area contributed by atoms with Crippen LogP contribution < -0.4 is 0 Å². The summed E-state index contributed by atoms with van der Waals surface area (Å²) in [5.74, 6) is -0.918. The number of nitrogens with zero attached hydrogens (tertiary/aromatic N) is 1. The molecule has 324 valence electrons. The molecule has 0 amide bonds. The highest BCUT2D eigenvalue weighted by Gasteiger charge is 2.27. The molecule has 0 saturated carbocycles. The molecule has 0 spiro atoms. The summed E-state index contributed by atoms with van der Waals surface area (Å²) in [4.78, 5) is 35.3. The van der Waals surface area contributed by atoms with Crippen molar-refractivity contribution in [2.75, 3.05) is 47.5 Å². The predicted octanol–water partition coefficient (Wildman–Crippen LogP) is 10.8. The summed E-state index contributed by atoms with van der Waals surface area (Å²) in [6.45, 7) is 3.84. The van der Waals surface area contributed by atoms with Gasteiger partial charge in [0.1, 0.15) is 19.8 Å². The van der Waals surface area contributed by atoms with Gasteiger partial charge in [0, 0.05) is 12.8 Å². The van der Waals surface area contributed by atoms with Crippen LogP contribution >= 0.6 is 7.82 Å². The number of aliphatic hydroxyl groups excluding tert-OH is 1. The van der Waals surface area contributed by atoms with Gasteiger partial charge in [-0.15, -0.1) is 0 Å². The number of aliphatic hydroxyl groups is 1. The van der Waals surface area contributed by atoms with E-state index in [0.29, 0.717) is 36.7 Å². The van der Waals surface area contributed by atoms with Gasteiger partial charge in [0.2, 0.25) is 0 Å². The number of hydrogen-bond acceptors (Lipinski definition) is 8. The van der Waals surface area contributed by atoms with Crippen LogP contribution in [0.25, 0.3) is 0 Å². The molecule has 57 heavy (non-hydrogen) atoms. The fraction of sp³-hybridized carbons (Fsp3) is 0.609. The second kappa shape index (κ2) is 37.2. The maximum absolute atomic E-state index is 12.7. The average Bonchev–Trinajstić information content (AvgIpc) is 3.16. The van der Waals surface area contributed by atoms with Crippen LogP contribution in [-0.2, 0) is 32.7 Å². The minimum Gasteiger partial charge on any atom is -0.462 e. The maximum Gasteiger partial charge on any atom is 0.472 e. The van der Waals surface area contributed by atoms with Crippen molar-refractivity contribution in [3.63, 3.8) is 0 Å². The first-order chi connectivity index (χ1) is 27.4. The van der Waals surface area contributed by atoms with Crippen molar-refractivity contribution in [1.82, 2.24) is 0 Å². The number of unbranched alkanes of at least 4 members (excludes halogenated alkanes) is 6. The summed E-state index contributed by atoms with van der Waals surface area (Å²) in [6, 6.07) is 0. The molecule has 1 unspecified atom stereocenters. The van der Waals surface area contributed by atoms with E-state index >= 15 is 0 Å². The summed E-state index contributed by atoms with van der Waals surface area (Å²) in [5.41, 5.74) is 0. The molecule has 2 N–H and O–H groups in total. The van der Waals surface area contributed by atoms with Gasteiger partial charge in [0.15, 0.2) is 6.10 Å². The smallest absolute Gasteiger partial charge is 0.462 e. The van der Waals surface area contributed by atoms with Crippen molar-refractivity contribution >= 4 is 19.8 Å². The summed E-state index contributed by atoms with van der Waals surface area (Å²) in [5, 5.41) is 9.48. The van der Waals surface area contributed by atoms with E-state index < -0.39 is 32.5 Å². The Kier molecular flexibility index (Phi) is 35.2. The zero-order valence-corrected chi connectivity index (χ0v) is 36.8. The van der Waals surface area contributed by atoms with Gasteiger partial charge >= 0.3 is 19.8 Å². The maximum atomic E-state index is 12.7. The van der Waals surface area contributed by atoms with Crippen LogP contribution in [0.2, 0.25) is 0 Å². The fourth-order valence-corrected chi connectivity index (χ4v) is 5.58. The highest BCUT2D eigenvalue weighted by atomic mass is 31.2. The number of likely N-dealkylation sites (N-methyl/N-ethyl adjacent to an activating group) is 1. The molecule has 0 aliphatic rings. The molecule has 0 aromatic heterocycles.